The molecule has 0 bridgehead atoms. The molecule has 4 nitrogen and oxygen atoms in total. The maximum absolute atomic E-state index is 11.3. The second-order valence-corrected chi connectivity index (χ2v) is 4.53. The number of ether oxygens (including phenoxy) is 2. The summed E-state index contributed by atoms with van der Waals surface area (Å²) < 4.78 is 10.5. The van der Waals surface area contributed by atoms with Crippen LogP contribution in [0.15, 0.2) is 24.3 Å². The van der Waals surface area contributed by atoms with E-state index in [9.17, 15) is 4.79 Å². The lowest BCUT2D eigenvalue weighted by atomic mass is 10.2. The quantitative estimate of drug-likeness (QED) is 0.579. The van der Waals surface area contributed by atoms with Gasteiger partial charge in [0.05, 0.1) is 13.0 Å². The van der Waals surface area contributed by atoms with Crippen LogP contribution >= 0.6 is 0 Å². The smallest absolute Gasteiger partial charge is 0.307 e. The molecule has 0 amide bonds. The van der Waals surface area contributed by atoms with Gasteiger partial charge in [0.25, 0.3) is 0 Å². The topological polar surface area (TPSA) is 47.6 Å². The molecule has 1 rings (SSSR count). The van der Waals surface area contributed by atoms with Crippen molar-refractivity contribution in [3.63, 3.8) is 0 Å². The fourth-order valence-corrected chi connectivity index (χ4v) is 1.72. The van der Waals surface area contributed by atoms with Crippen LogP contribution in [0.5, 0.6) is 5.75 Å². The van der Waals surface area contributed by atoms with Gasteiger partial charge in [0, 0.05) is 12.6 Å². The Balaban J connectivity index is 2.15. The third kappa shape index (κ3) is 6.82. The molecule has 0 saturated carbocycles. The highest BCUT2D eigenvalue weighted by Gasteiger charge is 2.08. The third-order valence-corrected chi connectivity index (χ3v) is 2.63. The molecule has 0 aromatic heterocycles. The molecular formula is C15H23NO3. The lowest BCUT2D eigenvalue weighted by molar-refractivity contribution is -0.143. The van der Waals surface area contributed by atoms with E-state index in [2.05, 4.69) is 5.32 Å². The number of carbonyl (C=O) groups is 1. The first kappa shape index (κ1) is 15.5. The minimum Gasteiger partial charge on any atom is -0.492 e. The summed E-state index contributed by atoms with van der Waals surface area (Å²) in [4.78, 5) is 11.3. The summed E-state index contributed by atoms with van der Waals surface area (Å²) in [5, 5.41) is 3.23. The SMILES string of the molecule is CCOC(=O)CC(C)NCCOc1cccc(C)c1. The average molecular weight is 265 g/mol. The third-order valence-electron chi connectivity index (χ3n) is 2.63. The van der Waals surface area contributed by atoms with Crippen LogP contribution in [0, 0.1) is 6.92 Å². The van der Waals surface area contributed by atoms with E-state index in [-0.39, 0.29) is 12.0 Å². The van der Waals surface area contributed by atoms with Crippen LogP contribution in [0.3, 0.4) is 0 Å². The normalized spacial score (nSPS) is 11.9. The first-order valence-corrected chi connectivity index (χ1v) is 6.70. The standard InChI is InChI=1S/C15H23NO3/c1-4-18-15(17)11-13(3)16-8-9-19-14-7-5-6-12(2)10-14/h5-7,10,13,16H,4,8-9,11H2,1-3H3. The maximum Gasteiger partial charge on any atom is 0.307 e. The van der Waals surface area contributed by atoms with Crippen LogP contribution in [-0.2, 0) is 9.53 Å². The van der Waals surface area contributed by atoms with Gasteiger partial charge in [-0.25, -0.2) is 0 Å². The highest BCUT2D eigenvalue weighted by atomic mass is 16.5. The largest absolute Gasteiger partial charge is 0.492 e. The predicted molar refractivity (Wildman–Crippen MR) is 75.4 cm³/mol. The van der Waals surface area contributed by atoms with Gasteiger partial charge < -0.3 is 14.8 Å². The number of carbonyl (C=O) groups excluding carboxylic acids is 1. The van der Waals surface area contributed by atoms with Crippen molar-refractivity contribution >= 4 is 5.97 Å². The van der Waals surface area contributed by atoms with Gasteiger partial charge in [0.2, 0.25) is 0 Å². The zero-order valence-corrected chi connectivity index (χ0v) is 11.9. The minimum atomic E-state index is -0.165. The van der Waals surface area contributed by atoms with E-state index in [1.807, 2.05) is 45.0 Å². The van der Waals surface area contributed by atoms with Crippen LogP contribution in [0.2, 0.25) is 0 Å². The molecule has 1 N–H and O–H groups in total. The zero-order chi connectivity index (χ0) is 14.1. The molecule has 0 spiro atoms. The minimum absolute atomic E-state index is 0.0974. The number of rotatable bonds is 8. The fraction of sp³-hybridized carbons (Fsp3) is 0.533. The van der Waals surface area contributed by atoms with E-state index in [4.69, 9.17) is 9.47 Å². The van der Waals surface area contributed by atoms with Crippen molar-refractivity contribution in [1.29, 1.82) is 0 Å². The van der Waals surface area contributed by atoms with Gasteiger partial charge >= 0.3 is 5.97 Å². The van der Waals surface area contributed by atoms with E-state index < -0.39 is 0 Å². The van der Waals surface area contributed by atoms with Gasteiger partial charge in [-0.05, 0) is 38.5 Å². The van der Waals surface area contributed by atoms with Crippen LogP contribution in [0.1, 0.15) is 25.8 Å². The molecule has 0 saturated heterocycles. The van der Waals surface area contributed by atoms with Gasteiger partial charge in [0.1, 0.15) is 12.4 Å². The van der Waals surface area contributed by atoms with Crippen LogP contribution in [-0.4, -0.2) is 31.8 Å². The Morgan fingerprint density at radius 1 is 1.42 bits per heavy atom. The second-order valence-electron chi connectivity index (χ2n) is 4.53. The first-order chi connectivity index (χ1) is 9.11. The zero-order valence-electron chi connectivity index (χ0n) is 11.9. The van der Waals surface area contributed by atoms with Crippen molar-refractivity contribution in [1.82, 2.24) is 5.32 Å². The van der Waals surface area contributed by atoms with E-state index in [1.54, 1.807) is 0 Å². The molecule has 4 heteroatoms. The molecule has 106 valence electrons. The molecule has 1 atom stereocenters. The Morgan fingerprint density at radius 3 is 2.89 bits per heavy atom. The van der Waals surface area contributed by atoms with E-state index in [0.29, 0.717) is 26.2 Å². The number of esters is 1. The first-order valence-electron chi connectivity index (χ1n) is 6.70. The summed E-state index contributed by atoms with van der Waals surface area (Å²) in [6.45, 7) is 7.52. The molecule has 19 heavy (non-hydrogen) atoms. The Hall–Kier alpha value is -1.55. The van der Waals surface area contributed by atoms with E-state index in [0.717, 1.165) is 5.75 Å². The predicted octanol–water partition coefficient (Wildman–Crippen LogP) is 2.31. The van der Waals surface area contributed by atoms with Crippen molar-refractivity contribution in [2.75, 3.05) is 19.8 Å². The summed E-state index contributed by atoms with van der Waals surface area (Å²) >= 11 is 0. The Morgan fingerprint density at radius 2 is 2.21 bits per heavy atom. The summed E-state index contributed by atoms with van der Waals surface area (Å²) in [7, 11) is 0. The Kier molecular flexibility index (Phi) is 6.97. The Bertz CT molecular complexity index is 393. The molecule has 1 aromatic rings. The molecule has 1 unspecified atom stereocenters. The molecule has 0 radical (unpaired) electrons. The fourth-order valence-electron chi connectivity index (χ4n) is 1.72. The van der Waals surface area contributed by atoms with Gasteiger partial charge in [-0.15, -0.1) is 0 Å². The summed E-state index contributed by atoms with van der Waals surface area (Å²) in [5.74, 6) is 0.710. The van der Waals surface area contributed by atoms with Gasteiger partial charge in [0.15, 0.2) is 0 Å². The van der Waals surface area contributed by atoms with Gasteiger partial charge in [-0.2, -0.15) is 0 Å². The lowest BCUT2D eigenvalue weighted by Gasteiger charge is -2.13. The van der Waals surface area contributed by atoms with Gasteiger partial charge in [-0.1, -0.05) is 12.1 Å². The maximum atomic E-state index is 11.3. The number of hydrogen-bond donors (Lipinski definition) is 1. The van der Waals surface area contributed by atoms with E-state index in [1.165, 1.54) is 5.56 Å². The van der Waals surface area contributed by atoms with Crippen LogP contribution in [0.4, 0.5) is 0 Å². The highest BCUT2D eigenvalue weighted by molar-refractivity contribution is 5.69. The number of aryl methyl sites for hydroxylation is 1. The molecule has 0 aliphatic heterocycles. The van der Waals surface area contributed by atoms with Gasteiger partial charge in [-0.3, -0.25) is 4.79 Å². The Labute approximate surface area is 115 Å². The monoisotopic (exact) mass is 265 g/mol. The number of hydrogen-bond acceptors (Lipinski definition) is 4. The summed E-state index contributed by atoms with van der Waals surface area (Å²) in [6, 6.07) is 8.05. The van der Waals surface area contributed by atoms with E-state index >= 15 is 0 Å². The molecule has 1 aromatic carbocycles. The number of benzene rings is 1. The molecular weight excluding hydrogens is 242 g/mol. The second kappa shape index (κ2) is 8.53. The number of nitrogens with one attached hydrogen (secondary N) is 1. The molecule has 0 aliphatic carbocycles. The van der Waals surface area contributed by atoms with Crippen molar-refractivity contribution in [2.24, 2.45) is 0 Å². The van der Waals surface area contributed by atoms with Crippen molar-refractivity contribution in [3.05, 3.63) is 29.8 Å². The summed E-state index contributed by atoms with van der Waals surface area (Å²) in [5.41, 5.74) is 1.18. The molecule has 0 heterocycles. The summed E-state index contributed by atoms with van der Waals surface area (Å²) in [6.07, 6.45) is 0.387. The highest BCUT2D eigenvalue weighted by Crippen LogP contribution is 2.11. The lowest BCUT2D eigenvalue weighted by Crippen LogP contribution is -2.32. The van der Waals surface area contributed by atoms with Crippen molar-refractivity contribution < 1.29 is 14.3 Å². The van der Waals surface area contributed by atoms with Crippen LogP contribution in [0.25, 0.3) is 0 Å². The average Bonchev–Trinajstić information content (AvgIpc) is 2.35. The molecule has 0 aliphatic rings. The van der Waals surface area contributed by atoms with Crippen molar-refractivity contribution in [2.45, 2.75) is 33.2 Å². The molecule has 0 fully saturated rings. The van der Waals surface area contributed by atoms with Crippen molar-refractivity contribution in [3.8, 4) is 5.75 Å². The van der Waals surface area contributed by atoms with Crippen LogP contribution < -0.4 is 10.1 Å².